The number of nitrogens with two attached hydrogens (primary N) is 1. The van der Waals surface area contributed by atoms with E-state index in [1.807, 2.05) is 7.05 Å². The van der Waals surface area contributed by atoms with Gasteiger partial charge < -0.3 is 10.6 Å². The third kappa shape index (κ3) is 2.01. The molecular formula is C11H14N2OS. The fourth-order valence-corrected chi connectivity index (χ4v) is 2.62. The lowest BCUT2D eigenvalue weighted by atomic mass is 10.1. The molecule has 3 nitrogen and oxygen atoms in total. The van der Waals surface area contributed by atoms with Gasteiger partial charge in [-0.1, -0.05) is 6.07 Å². The molecule has 80 valence electrons. The van der Waals surface area contributed by atoms with Crippen LogP contribution < -0.4 is 10.6 Å². The van der Waals surface area contributed by atoms with Crippen LogP contribution in [0.3, 0.4) is 0 Å². The molecule has 15 heavy (non-hydrogen) atoms. The smallest absolute Gasteiger partial charge is 0.237 e. The molecule has 1 aliphatic rings. The first-order valence-corrected chi connectivity index (χ1v) is 5.93. The number of carbonyl (C=O) groups is 1. The van der Waals surface area contributed by atoms with E-state index in [9.17, 15) is 4.79 Å². The van der Waals surface area contributed by atoms with Gasteiger partial charge in [-0.15, -0.1) is 11.8 Å². The third-order valence-corrected chi connectivity index (χ3v) is 3.59. The molecule has 4 heteroatoms. The van der Waals surface area contributed by atoms with Gasteiger partial charge in [-0.3, -0.25) is 4.79 Å². The van der Waals surface area contributed by atoms with E-state index in [1.54, 1.807) is 16.7 Å². The zero-order valence-corrected chi connectivity index (χ0v) is 9.51. The van der Waals surface area contributed by atoms with Gasteiger partial charge in [0.05, 0.1) is 11.4 Å². The molecule has 1 aliphatic heterocycles. The van der Waals surface area contributed by atoms with Crippen molar-refractivity contribution < 1.29 is 4.79 Å². The van der Waals surface area contributed by atoms with Crippen LogP contribution in [0.25, 0.3) is 0 Å². The van der Waals surface area contributed by atoms with Gasteiger partial charge in [0.1, 0.15) is 0 Å². The number of fused-ring (bicyclic) bond motifs is 1. The standard InChI is InChI=1S/C11H14N2OS/c1-13-9-6-8(4-5-12)2-3-10(9)15-7-11(13)14/h2-3,6H,4-5,7,12H2,1H3. The SMILES string of the molecule is CN1C(=O)CSc2ccc(CCN)cc21. The minimum Gasteiger partial charge on any atom is -0.330 e. The number of benzene rings is 1. The van der Waals surface area contributed by atoms with Crippen LogP contribution in [-0.4, -0.2) is 25.3 Å². The van der Waals surface area contributed by atoms with Crippen molar-refractivity contribution in [2.24, 2.45) is 5.73 Å². The molecule has 0 radical (unpaired) electrons. The first-order chi connectivity index (χ1) is 7.22. The Hall–Kier alpha value is -1.00. The lowest BCUT2D eigenvalue weighted by Gasteiger charge is -2.25. The predicted octanol–water partition coefficient (Wildman–Crippen LogP) is 1.26. The van der Waals surface area contributed by atoms with Gasteiger partial charge in [0, 0.05) is 11.9 Å². The molecule has 0 fully saturated rings. The van der Waals surface area contributed by atoms with Gasteiger partial charge >= 0.3 is 0 Å². The van der Waals surface area contributed by atoms with Crippen molar-refractivity contribution in [3.05, 3.63) is 23.8 Å². The van der Waals surface area contributed by atoms with E-state index < -0.39 is 0 Å². The molecule has 0 unspecified atom stereocenters. The van der Waals surface area contributed by atoms with Crippen molar-refractivity contribution >= 4 is 23.4 Å². The van der Waals surface area contributed by atoms with Crippen LogP contribution in [-0.2, 0) is 11.2 Å². The van der Waals surface area contributed by atoms with Gasteiger partial charge in [0.15, 0.2) is 0 Å². The van der Waals surface area contributed by atoms with E-state index >= 15 is 0 Å². The molecule has 0 saturated carbocycles. The lowest BCUT2D eigenvalue weighted by Crippen LogP contribution is -2.31. The zero-order valence-electron chi connectivity index (χ0n) is 8.69. The van der Waals surface area contributed by atoms with Crippen LogP contribution >= 0.6 is 11.8 Å². The van der Waals surface area contributed by atoms with E-state index in [4.69, 9.17) is 5.73 Å². The van der Waals surface area contributed by atoms with Gasteiger partial charge in [-0.2, -0.15) is 0 Å². The molecule has 1 heterocycles. The molecule has 2 rings (SSSR count). The maximum absolute atomic E-state index is 11.5. The molecule has 1 amide bonds. The maximum atomic E-state index is 11.5. The Morgan fingerprint density at radius 3 is 3.07 bits per heavy atom. The second-order valence-corrected chi connectivity index (χ2v) is 4.60. The Morgan fingerprint density at radius 2 is 2.33 bits per heavy atom. The van der Waals surface area contributed by atoms with Crippen LogP contribution in [0.2, 0.25) is 0 Å². The summed E-state index contributed by atoms with van der Waals surface area (Å²) in [6.07, 6.45) is 0.861. The van der Waals surface area contributed by atoms with Crippen molar-refractivity contribution in [3.8, 4) is 0 Å². The Kier molecular flexibility index (Phi) is 2.98. The van der Waals surface area contributed by atoms with E-state index in [1.165, 1.54) is 10.5 Å². The fourth-order valence-electron chi connectivity index (χ4n) is 1.64. The van der Waals surface area contributed by atoms with E-state index in [-0.39, 0.29) is 5.91 Å². The molecular weight excluding hydrogens is 208 g/mol. The second kappa shape index (κ2) is 4.24. The van der Waals surface area contributed by atoms with Gasteiger partial charge in [-0.25, -0.2) is 0 Å². The van der Waals surface area contributed by atoms with Crippen molar-refractivity contribution in [2.45, 2.75) is 11.3 Å². The highest BCUT2D eigenvalue weighted by atomic mass is 32.2. The summed E-state index contributed by atoms with van der Waals surface area (Å²) in [5, 5.41) is 0. The van der Waals surface area contributed by atoms with Crippen LogP contribution in [0.4, 0.5) is 5.69 Å². The summed E-state index contributed by atoms with van der Waals surface area (Å²) in [5.41, 5.74) is 7.72. The van der Waals surface area contributed by atoms with Crippen molar-refractivity contribution in [3.63, 3.8) is 0 Å². The Balaban J connectivity index is 2.36. The number of hydrogen-bond acceptors (Lipinski definition) is 3. The largest absolute Gasteiger partial charge is 0.330 e. The molecule has 1 aromatic carbocycles. The van der Waals surface area contributed by atoms with Gasteiger partial charge in [0.2, 0.25) is 5.91 Å². The normalized spacial score (nSPS) is 15.3. The Morgan fingerprint density at radius 1 is 1.53 bits per heavy atom. The number of hydrogen-bond donors (Lipinski definition) is 1. The van der Waals surface area contributed by atoms with E-state index in [0.29, 0.717) is 12.3 Å². The van der Waals surface area contributed by atoms with Crippen molar-refractivity contribution in [1.82, 2.24) is 0 Å². The Bertz CT molecular complexity index is 392. The quantitative estimate of drug-likeness (QED) is 0.819. The van der Waals surface area contributed by atoms with E-state index in [2.05, 4.69) is 18.2 Å². The molecule has 0 spiro atoms. The second-order valence-electron chi connectivity index (χ2n) is 3.58. The number of amides is 1. The monoisotopic (exact) mass is 222 g/mol. The number of carbonyl (C=O) groups excluding carboxylic acids is 1. The maximum Gasteiger partial charge on any atom is 0.237 e. The van der Waals surface area contributed by atoms with E-state index in [0.717, 1.165) is 12.1 Å². The average Bonchev–Trinajstić information content (AvgIpc) is 2.25. The summed E-state index contributed by atoms with van der Waals surface area (Å²) in [5.74, 6) is 0.706. The predicted molar refractivity (Wildman–Crippen MR) is 63.3 cm³/mol. The minimum absolute atomic E-state index is 0.164. The van der Waals surface area contributed by atoms with Crippen LogP contribution in [0, 0.1) is 0 Å². The average molecular weight is 222 g/mol. The van der Waals surface area contributed by atoms with Gasteiger partial charge in [0.25, 0.3) is 0 Å². The molecule has 0 aromatic heterocycles. The molecule has 0 atom stereocenters. The summed E-state index contributed by atoms with van der Waals surface area (Å²) in [4.78, 5) is 14.4. The lowest BCUT2D eigenvalue weighted by molar-refractivity contribution is -0.116. The van der Waals surface area contributed by atoms with Gasteiger partial charge in [-0.05, 0) is 30.7 Å². The van der Waals surface area contributed by atoms with Crippen LogP contribution in [0.5, 0.6) is 0 Å². The first kappa shape index (κ1) is 10.5. The molecule has 0 aliphatic carbocycles. The summed E-state index contributed by atoms with van der Waals surface area (Å²) >= 11 is 1.60. The molecule has 1 aromatic rings. The third-order valence-electron chi connectivity index (χ3n) is 2.54. The minimum atomic E-state index is 0.164. The molecule has 0 saturated heterocycles. The highest BCUT2D eigenvalue weighted by Crippen LogP contribution is 2.35. The number of anilines is 1. The highest BCUT2D eigenvalue weighted by Gasteiger charge is 2.21. The van der Waals surface area contributed by atoms with Crippen molar-refractivity contribution in [2.75, 3.05) is 24.2 Å². The van der Waals surface area contributed by atoms with Crippen LogP contribution in [0.15, 0.2) is 23.1 Å². The highest BCUT2D eigenvalue weighted by molar-refractivity contribution is 8.00. The topological polar surface area (TPSA) is 46.3 Å². The van der Waals surface area contributed by atoms with Crippen molar-refractivity contribution in [1.29, 1.82) is 0 Å². The zero-order chi connectivity index (χ0) is 10.8. The first-order valence-electron chi connectivity index (χ1n) is 4.94. The number of thioether (sulfide) groups is 1. The fraction of sp³-hybridized carbons (Fsp3) is 0.364. The van der Waals surface area contributed by atoms with Crippen LogP contribution in [0.1, 0.15) is 5.56 Å². The molecule has 0 bridgehead atoms. The summed E-state index contributed by atoms with van der Waals surface area (Å²) in [6, 6.07) is 6.22. The summed E-state index contributed by atoms with van der Waals surface area (Å²) < 4.78 is 0. The summed E-state index contributed by atoms with van der Waals surface area (Å²) in [7, 11) is 1.83. The number of rotatable bonds is 2. The Labute approximate surface area is 93.6 Å². The summed E-state index contributed by atoms with van der Waals surface area (Å²) in [6.45, 7) is 0.642. The molecule has 2 N–H and O–H groups in total. The number of nitrogens with zero attached hydrogens (tertiary/aromatic N) is 1.